The van der Waals surface area contributed by atoms with Crippen LogP contribution in [0.3, 0.4) is 0 Å². The normalized spacial score (nSPS) is 21.9. The summed E-state index contributed by atoms with van der Waals surface area (Å²) in [5, 5.41) is 0. The van der Waals surface area contributed by atoms with E-state index in [-0.39, 0.29) is 43.1 Å². The Morgan fingerprint density at radius 3 is 2.43 bits per heavy atom. The maximum Gasteiger partial charge on any atom is 0.414 e. The minimum Gasteiger partial charge on any atom is -0.443 e. The zero-order valence-corrected chi connectivity index (χ0v) is 16.0. The largest absolute Gasteiger partial charge is 0.443 e. The van der Waals surface area contributed by atoms with Gasteiger partial charge in [-0.05, 0) is 39.3 Å². The van der Waals surface area contributed by atoms with Crippen molar-refractivity contribution in [2.45, 2.75) is 45.3 Å². The Hall–Kier alpha value is -2.13. The maximum absolute atomic E-state index is 13.8. The van der Waals surface area contributed by atoms with Crippen molar-refractivity contribution in [1.82, 2.24) is 9.88 Å². The molecule has 0 aliphatic carbocycles. The number of amides is 1. The number of ether oxygens (including phenoxy) is 3. The molecule has 0 aromatic carbocycles. The highest BCUT2D eigenvalue weighted by Crippen LogP contribution is 2.45. The molecule has 154 valence electrons. The van der Waals surface area contributed by atoms with E-state index in [4.69, 9.17) is 14.2 Å². The van der Waals surface area contributed by atoms with Crippen LogP contribution in [0.1, 0.15) is 32.9 Å². The summed E-state index contributed by atoms with van der Waals surface area (Å²) >= 11 is 0. The molecule has 2 aliphatic rings. The molecule has 1 fully saturated rings. The molecule has 9 heteroatoms. The number of carbonyl (C=O) groups excluding carboxylic acids is 1. The first kappa shape index (κ1) is 20.6. The standard InChI is InChI=1S/C19H23F3N2O4/c1-18(2,3)28-17(25)24-9-7-12(19(20,21)22)14(16-26-10-11-27-16)15(24)13-6-4-5-8-23-13/h4-6,8,12,16H,7,9-11H2,1-3H3. The monoisotopic (exact) mass is 400 g/mol. The molecule has 1 atom stereocenters. The van der Waals surface area contributed by atoms with E-state index >= 15 is 0 Å². The molecule has 0 saturated carbocycles. The third-order valence-electron chi connectivity index (χ3n) is 4.35. The van der Waals surface area contributed by atoms with Gasteiger partial charge in [-0.15, -0.1) is 0 Å². The first-order valence-electron chi connectivity index (χ1n) is 9.04. The van der Waals surface area contributed by atoms with E-state index in [0.29, 0.717) is 0 Å². The Bertz CT molecular complexity index is 738. The topological polar surface area (TPSA) is 60.9 Å². The Morgan fingerprint density at radius 1 is 1.21 bits per heavy atom. The van der Waals surface area contributed by atoms with Crippen molar-refractivity contribution >= 4 is 11.8 Å². The number of rotatable bonds is 2. The summed E-state index contributed by atoms with van der Waals surface area (Å²) in [7, 11) is 0. The third-order valence-corrected chi connectivity index (χ3v) is 4.35. The molecule has 1 unspecified atom stereocenters. The molecule has 1 saturated heterocycles. The lowest BCUT2D eigenvalue weighted by Gasteiger charge is -2.38. The first-order valence-corrected chi connectivity index (χ1v) is 9.04. The van der Waals surface area contributed by atoms with Gasteiger partial charge in [-0.25, -0.2) is 4.79 Å². The Morgan fingerprint density at radius 2 is 1.89 bits per heavy atom. The van der Waals surface area contributed by atoms with Crippen molar-refractivity contribution in [3.05, 3.63) is 35.7 Å². The van der Waals surface area contributed by atoms with E-state index in [1.165, 1.54) is 11.1 Å². The zero-order valence-electron chi connectivity index (χ0n) is 16.0. The molecule has 6 nitrogen and oxygen atoms in total. The van der Waals surface area contributed by atoms with Gasteiger partial charge in [-0.1, -0.05) is 6.07 Å². The highest BCUT2D eigenvalue weighted by molar-refractivity contribution is 5.83. The number of aromatic nitrogens is 1. The van der Waals surface area contributed by atoms with E-state index in [9.17, 15) is 18.0 Å². The Kier molecular flexibility index (Phi) is 5.67. The molecule has 0 bridgehead atoms. The zero-order chi connectivity index (χ0) is 20.5. The van der Waals surface area contributed by atoms with Crippen LogP contribution in [0.4, 0.5) is 18.0 Å². The molecule has 0 spiro atoms. The molecule has 3 rings (SSSR count). The SMILES string of the molecule is CC(C)(C)OC(=O)N1CCC(C(F)(F)F)C(C2OCCO2)=C1c1ccccn1. The molecule has 2 aliphatic heterocycles. The quantitative estimate of drug-likeness (QED) is 0.751. The molecule has 3 heterocycles. The average Bonchev–Trinajstić information content (AvgIpc) is 3.13. The number of halogens is 3. The van der Waals surface area contributed by atoms with Crippen LogP contribution in [-0.2, 0) is 14.2 Å². The van der Waals surface area contributed by atoms with Gasteiger partial charge in [-0.2, -0.15) is 13.2 Å². The van der Waals surface area contributed by atoms with Gasteiger partial charge < -0.3 is 14.2 Å². The van der Waals surface area contributed by atoms with Crippen LogP contribution in [0.25, 0.3) is 5.70 Å². The van der Waals surface area contributed by atoms with Crippen LogP contribution in [0.5, 0.6) is 0 Å². The van der Waals surface area contributed by atoms with Gasteiger partial charge in [0.2, 0.25) is 0 Å². The molecular formula is C19H23F3N2O4. The van der Waals surface area contributed by atoms with Gasteiger partial charge in [-0.3, -0.25) is 9.88 Å². The number of nitrogens with zero attached hydrogens (tertiary/aromatic N) is 2. The smallest absolute Gasteiger partial charge is 0.414 e. The number of hydrogen-bond acceptors (Lipinski definition) is 5. The summed E-state index contributed by atoms with van der Waals surface area (Å²) in [6.07, 6.45) is -5.28. The molecule has 1 aromatic heterocycles. The lowest BCUT2D eigenvalue weighted by molar-refractivity contribution is -0.176. The number of hydrogen-bond donors (Lipinski definition) is 0. The molecule has 1 amide bonds. The van der Waals surface area contributed by atoms with Gasteiger partial charge >= 0.3 is 12.3 Å². The number of alkyl halides is 3. The number of carbonyl (C=O) groups is 1. The molecular weight excluding hydrogens is 377 g/mol. The fourth-order valence-electron chi connectivity index (χ4n) is 3.29. The van der Waals surface area contributed by atoms with Crippen molar-refractivity contribution in [3.8, 4) is 0 Å². The number of pyridine rings is 1. The van der Waals surface area contributed by atoms with Gasteiger partial charge in [0, 0.05) is 18.3 Å². The fourth-order valence-corrected chi connectivity index (χ4v) is 3.29. The lowest BCUT2D eigenvalue weighted by atomic mass is 9.87. The second-order valence-electron chi connectivity index (χ2n) is 7.61. The summed E-state index contributed by atoms with van der Waals surface area (Å²) in [5.74, 6) is -1.80. The van der Waals surface area contributed by atoms with Crippen molar-refractivity contribution in [2.75, 3.05) is 19.8 Å². The second kappa shape index (κ2) is 7.71. The van der Waals surface area contributed by atoms with Crippen molar-refractivity contribution in [3.63, 3.8) is 0 Å². The Balaban J connectivity index is 2.16. The summed E-state index contributed by atoms with van der Waals surface area (Å²) in [6.45, 7) is 5.30. The van der Waals surface area contributed by atoms with Gasteiger partial charge in [0.15, 0.2) is 6.29 Å². The molecule has 0 radical (unpaired) electrons. The predicted molar refractivity (Wildman–Crippen MR) is 94.0 cm³/mol. The van der Waals surface area contributed by atoms with Crippen LogP contribution < -0.4 is 0 Å². The summed E-state index contributed by atoms with van der Waals surface area (Å²) in [4.78, 5) is 18.2. The van der Waals surface area contributed by atoms with E-state index in [2.05, 4.69) is 4.98 Å². The first-order chi connectivity index (χ1) is 13.1. The van der Waals surface area contributed by atoms with Gasteiger partial charge in [0.25, 0.3) is 0 Å². The maximum atomic E-state index is 13.8. The fraction of sp³-hybridized carbons (Fsp3) is 0.579. The van der Waals surface area contributed by atoms with E-state index in [1.807, 2.05) is 0 Å². The van der Waals surface area contributed by atoms with E-state index in [1.54, 1.807) is 39.0 Å². The van der Waals surface area contributed by atoms with E-state index in [0.717, 1.165) is 0 Å². The van der Waals surface area contributed by atoms with Crippen LogP contribution in [0, 0.1) is 5.92 Å². The highest BCUT2D eigenvalue weighted by atomic mass is 19.4. The highest BCUT2D eigenvalue weighted by Gasteiger charge is 2.50. The predicted octanol–water partition coefficient (Wildman–Crippen LogP) is 3.98. The van der Waals surface area contributed by atoms with Gasteiger partial charge in [0.05, 0.1) is 30.5 Å². The minimum atomic E-state index is -4.51. The van der Waals surface area contributed by atoms with Crippen molar-refractivity contribution < 1.29 is 32.2 Å². The van der Waals surface area contributed by atoms with Crippen molar-refractivity contribution in [1.29, 1.82) is 0 Å². The van der Waals surface area contributed by atoms with Crippen LogP contribution in [-0.4, -0.2) is 53.8 Å². The van der Waals surface area contributed by atoms with Crippen LogP contribution in [0.2, 0.25) is 0 Å². The van der Waals surface area contributed by atoms with E-state index < -0.39 is 30.1 Å². The Labute approximate surface area is 161 Å². The van der Waals surface area contributed by atoms with Crippen molar-refractivity contribution in [2.24, 2.45) is 5.92 Å². The molecule has 0 N–H and O–H groups in total. The minimum absolute atomic E-state index is 0.0373. The van der Waals surface area contributed by atoms with Gasteiger partial charge in [0.1, 0.15) is 5.60 Å². The lowest BCUT2D eigenvalue weighted by Crippen LogP contribution is -2.45. The van der Waals surface area contributed by atoms with Crippen LogP contribution in [0.15, 0.2) is 30.0 Å². The summed E-state index contributed by atoms with van der Waals surface area (Å²) in [6, 6.07) is 4.85. The average molecular weight is 400 g/mol. The third kappa shape index (κ3) is 4.47. The van der Waals surface area contributed by atoms with Crippen LogP contribution >= 0.6 is 0 Å². The summed E-state index contributed by atoms with van der Waals surface area (Å²) < 4.78 is 57.7. The molecule has 1 aromatic rings. The molecule has 28 heavy (non-hydrogen) atoms. The second-order valence-corrected chi connectivity index (χ2v) is 7.61. The summed E-state index contributed by atoms with van der Waals surface area (Å²) in [5.41, 5.74) is -0.666.